The maximum Gasteiger partial charge on any atom is 0.158 e. The lowest BCUT2D eigenvalue weighted by Gasteiger charge is -2.07. The van der Waals surface area contributed by atoms with Gasteiger partial charge in [0.2, 0.25) is 0 Å². The van der Waals surface area contributed by atoms with E-state index in [2.05, 4.69) is 15.2 Å². The number of hydrogen-bond acceptors (Lipinski definition) is 4. The van der Waals surface area contributed by atoms with Crippen molar-refractivity contribution >= 4 is 11.3 Å². The van der Waals surface area contributed by atoms with Gasteiger partial charge in [-0.05, 0) is 38.5 Å². The molecule has 0 aliphatic carbocycles. The zero-order valence-electron chi connectivity index (χ0n) is 10.5. The molecule has 0 saturated heterocycles. The van der Waals surface area contributed by atoms with Crippen LogP contribution >= 0.6 is 0 Å². The minimum Gasteiger partial charge on any atom is -0.396 e. The average Bonchev–Trinajstić information content (AvgIpc) is 2.88. The molecule has 0 atom stereocenters. The highest BCUT2D eigenvalue weighted by Crippen LogP contribution is 2.20. The average molecular weight is 242 g/mol. The van der Waals surface area contributed by atoms with Gasteiger partial charge in [0.25, 0.3) is 0 Å². The van der Waals surface area contributed by atoms with Crippen molar-refractivity contribution in [3.05, 3.63) is 35.4 Å². The molecule has 0 aliphatic rings. The minimum absolute atomic E-state index is 0.713. The molecule has 3 rings (SSSR count). The van der Waals surface area contributed by atoms with E-state index in [1.54, 1.807) is 9.20 Å². The monoisotopic (exact) mass is 242 g/mol. The Morgan fingerprint density at radius 3 is 2.61 bits per heavy atom. The van der Waals surface area contributed by atoms with Crippen molar-refractivity contribution in [1.82, 2.24) is 24.4 Å². The number of aromatic nitrogens is 5. The maximum atomic E-state index is 5.97. The second kappa shape index (κ2) is 3.56. The predicted octanol–water partition coefficient (Wildman–Crippen LogP) is 1.42. The first kappa shape index (κ1) is 10.8. The number of nitrogens with zero attached hydrogens (tertiary/aromatic N) is 5. The van der Waals surface area contributed by atoms with Crippen LogP contribution in [0, 0.1) is 20.8 Å². The van der Waals surface area contributed by atoms with Crippen LogP contribution in [0.2, 0.25) is 0 Å². The lowest BCUT2D eigenvalue weighted by atomic mass is 10.3. The number of nitrogen functional groups attached to an aromatic ring is 1. The molecule has 6 heteroatoms. The first-order valence-electron chi connectivity index (χ1n) is 5.70. The van der Waals surface area contributed by atoms with Crippen LogP contribution in [-0.4, -0.2) is 24.4 Å². The molecular formula is C12H14N6. The zero-order valence-corrected chi connectivity index (χ0v) is 10.5. The van der Waals surface area contributed by atoms with Gasteiger partial charge in [-0.1, -0.05) is 0 Å². The summed E-state index contributed by atoms with van der Waals surface area (Å²) in [7, 11) is 0. The van der Waals surface area contributed by atoms with Gasteiger partial charge in [-0.15, -0.1) is 0 Å². The standard InChI is InChI=1S/C12H14N6/c1-7-4-10-14-6-15-18(10)11(5-7)17-9(3)12(13)8(2)16-17/h4-6H,13H2,1-3H3. The number of pyridine rings is 1. The van der Waals surface area contributed by atoms with E-state index in [0.717, 1.165) is 28.4 Å². The summed E-state index contributed by atoms with van der Waals surface area (Å²) in [5.74, 6) is 0.847. The Kier molecular flexibility index (Phi) is 2.13. The van der Waals surface area contributed by atoms with Gasteiger partial charge in [-0.25, -0.2) is 9.67 Å². The fourth-order valence-electron chi connectivity index (χ4n) is 2.06. The van der Waals surface area contributed by atoms with E-state index in [-0.39, 0.29) is 0 Å². The largest absolute Gasteiger partial charge is 0.396 e. The number of anilines is 1. The van der Waals surface area contributed by atoms with E-state index in [1.165, 1.54) is 6.33 Å². The van der Waals surface area contributed by atoms with E-state index < -0.39 is 0 Å². The molecule has 2 N–H and O–H groups in total. The third-order valence-corrected chi connectivity index (χ3v) is 3.07. The van der Waals surface area contributed by atoms with Crippen LogP contribution < -0.4 is 5.73 Å². The zero-order chi connectivity index (χ0) is 12.9. The summed E-state index contributed by atoms with van der Waals surface area (Å²) in [6.07, 6.45) is 1.54. The van der Waals surface area contributed by atoms with Crippen LogP contribution in [0.25, 0.3) is 11.5 Å². The van der Waals surface area contributed by atoms with Crippen molar-refractivity contribution in [1.29, 1.82) is 0 Å². The summed E-state index contributed by atoms with van der Waals surface area (Å²) in [4.78, 5) is 4.20. The van der Waals surface area contributed by atoms with Gasteiger partial charge >= 0.3 is 0 Å². The summed E-state index contributed by atoms with van der Waals surface area (Å²) in [6.45, 7) is 5.86. The summed E-state index contributed by atoms with van der Waals surface area (Å²) in [5.41, 5.74) is 10.3. The lowest BCUT2D eigenvalue weighted by molar-refractivity contribution is 0.760. The van der Waals surface area contributed by atoms with Crippen LogP contribution in [0.5, 0.6) is 0 Å². The number of hydrogen-bond donors (Lipinski definition) is 1. The lowest BCUT2D eigenvalue weighted by Crippen LogP contribution is -2.07. The van der Waals surface area contributed by atoms with Crippen LogP contribution in [0.4, 0.5) is 5.69 Å². The first-order chi connectivity index (χ1) is 8.58. The second-order valence-corrected chi connectivity index (χ2v) is 4.42. The molecule has 0 unspecified atom stereocenters. The Bertz CT molecular complexity index is 736. The summed E-state index contributed by atoms with van der Waals surface area (Å²) < 4.78 is 3.56. The van der Waals surface area contributed by atoms with Gasteiger partial charge in [-0.3, -0.25) is 0 Å². The van der Waals surface area contributed by atoms with E-state index >= 15 is 0 Å². The van der Waals surface area contributed by atoms with E-state index in [0.29, 0.717) is 5.69 Å². The van der Waals surface area contributed by atoms with Gasteiger partial charge in [0, 0.05) is 0 Å². The Labute approximate surface area is 104 Å². The molecule has 18 heavy (non-hydrogen) atoms. The predicted molar refractivity (Wildman–Crippen MR) is 68.7 cm³/mol. The van der Waals surface area contributed by atoms with Crippen molar-refractivity contribution < 1.29 is 0 Å². The molecule has 0 bridgehead atoms. The van der Waals surface area contributed by atoms with Gasteiger partial charge in [-0.2, -0.15) is 14.7 Å². The van der Waals surface area contributed by atoms with Crippen LogP contribution in [0.15, 0.2) is 18.5 Å². The molecule has 92 valence electrons. The molecule has 0 aromatic carbocycles. The van der Waals surface area contributed by atoms with E-state index in [1.807, 2.05) is 32.9 Å². The highest BCUT2D eigenvalue weighted by atomic mass is 15.4. The number of fused-ring (bicyclic) bond motifs is 1. The molecule has 0 saturated carbocycles. The molecule has 0 amide bonds. The Morgan fingerprint density at radius 1 is 1.17 bits per heavy atom. The van der Waals surface area contributed by atoms with Gasteiger partial charge in [0.1, 0.15) is 6.33 Å². The number of nitrogens with two attached hydrogens (primary N) is 1. The van der Waals surface area contributed by atoms with Crippen molar-refractivity contribution in [2.24, 2.45) is 0 Å². The quantitative estimate of drug-likeness (QED) is 0.700. The fraction of sp³-hybridized carbons (Fsp3) is 0.250. The van der Waals surface area contributed by atoms with E-state index in [4.69, 9.17) is 5.73 Å². The third-order valence-electron chi connectivity index (χ3n) is 3.07. The minimum atomic E-state index is 0.713. The Balaban J connectivity index is 2.37. The Morgan fingerprint density at radius 2 is 1.94 bits per heavy atom. The summed E-state index contributed by atoms with van der Waals surface area (Å²) >= 11 is 0. The first-order valence-corrected chi connectivity index (χ1v) is 5.70. The third kappa shape index (κ3) is 1.38. The number of aryl methyl sites for hydroxylation is 2. The highest BCUT2D eigenvalue weighted by Gasteiger charge is 2.13. The van der Waals surface area contributed by atoms with E-state index in [9.17, 15) is 0 Å². The van der Waals surface area contributed by atoms with Gasteiger partial charge in [0.05, 0.1) is 17.1 Å². The molecule has 0 aliphatic heterocycles. The molecular weight excluding hydrogens is 228 g/mol. The molecule has 6 nitrogen and oxygen atoms in total. The van der Waals surface area contributed by atoms with Crippen LogP contribution in [0.1, 0.15) is 17.0 Å². The molecule has 3 heterocycles. The Hall–Kier alpha value is -2.37. The van der Waals surface area contributed by atoms with Crippen molar-refractivity contribution in [2.75, 3.05) is 5.73 Å². The fourth-order valence-corrected chi connectivity index (χ4v) is 2.06. The van der Waals surface area contributed by atoms with Crippen LogP contribution in [0.3, 0.4) is 0 Å². The molecule has 3 aromatic heterocycles. The van der Waals surface area contributed by atoms with Gasteiger partial charge in [0.15, 0.2) is 11.5 Å². The van der Waals surface area contributed by atoms with Crippen molar-refractivity contribution in [3.8, 4) is 5.82 Å². The molecule has 0 fully saturated rings. The van der Waals surface area contributed by atoms with Gasteiger partial charge < -0.3 is 5.73 Å². The number of rotatable bonds is 1. The normalized spacial score (nSPS) is 11.3. The molecule has 3 aromatic rings. The summed E-state index contributed by atoms with van der Waals surface area (Å²) in [6, 6.07) is 3.99. The van der Waals surface area contributed by atoms with Crippen LogP contribution in [-0.2, 0) is 0 Å². The van der Waals surface area contributed by atoms with Crippen molar-refractivity contribution in [2.45, 2.75) is 20.8 Å². The maximum absolute atomic E-state index is 5.97. The molecule has 0 spiro atoms. The smallest absolute Gasteiger partial charge is 0.158 e. The molecule has 0 radical (unpaired) electrons. The SMILES string of the molecule is Cc1cc(-n2nc(C)c(N)c2C)n2ncnc2c1. The second-order valence-electron chi connectivity index (χ2n) is 4.42. The van der Waals surface area contributed by atoms with Crippen molar-refractivity contribution in [3.63, 3.8) is 0 Å². The summed E-state index contributed by atoms with van der Waals surface area (Å²) in [5, 5.41) is 8.67. The topological polar surface area (TPSA) is 74.0 Å². The highest BCUT2D eigenvalue weighted by molar-refractivity contribution is 5.52.